The van der Waals surface area contributed by atoms with E-state index in [1.165, 1.54) is 87.3 Å². The van der Waals surface area contributed by atoms with E-state index in [-0.39, 0.29) is 10.8 Å². The zero-order valence-corrected chi connectivity index (χ0v) is 52.0. The maximum absolute atomic E-state index is 7.14. The highest BCUT2D eigenvalue weighted by atomic mass is 16.3. The molecule has 6 heterocycles. The molecule has 92 heavy (non-hydrogen) atoms. The van der Waals surface area contributed by atoms with Gasteiger partial charge in [-0.05, 0) is 106 Å². The third-order valence-corrected chi connectivity index (χ3v) is 19.8. The number of hydrogen-bond donors (Lipinski definition) is 0. The number of aromatic nitrogens is 2. The molecule has 0 atom stereocenters. The molecule has 13 aromatic carbocycles. The van der Waals surface area contributed by atoms with Gasteiger partial charge in [0.25, 0.3) is 0 Å². The summed E-state index contributed by atoms with van der Waals surface area (Å²) in [5.41, 5.74) is 23.5. The normalized spacial score (nSPS) is 12.7. The van der Waals surface area contributed by atoms with Crippen LogP contribution in [0.1, 0.15) is 52.7 Å². The Balaban J connectivity index is 0.945. The summed E-state index contributed by atoms with van der Waals surface area (Å²) in [6.45, 7) is 14.2. The minimum atomic E-state index is -0.201. The topological polar surface area (TPSA) is 41.6 Å². The summed E-state index contributed by atoms with van der Waals surface area (Å²) in [6, 6.07) is 98.0. The van der Waals surface area contributed by atoms with E-state index in [9.17, 15) is 0 Å². The largest absolute Gasteiger partial charge is 0.454 e. The molecule has 19 aromatic rings. The summed E-state index contributed by atoms with van der Waals surface area (Å²) in [6.07, 6.45) is 0. The van der Waals surface area contributed by atoms with E-state index in [4.69, 9.17) is 8.83 Å². The molecular weight excluding hydrogens is 1120 g/mol. The molecule has 0 N–H and O–H groups in total. The van der Waals surface area contributed by atoms with Crippen LogP contribution in [0.25, 0.3) is 142 Å². The Morgan fingerprint density at radius 3 is 1.05 bits per heavy atom. The summed E-state index contributed by atoms with van der Waals surface area (Å²) in [4.78, 5) is 4.98. The van der Waals surface area contributed by atoms with Gasteiger partial charge in [-0.15, -0.1) is 0 Å². The minimum absolute atomic E-state index is 0.201. The highest BCUT2D eigenvalue weighted by Crippen LogP contribution is 2.57. The number of rotatable bonds is 8. The number of hydrogen-bond acceptors (Lipinski definition) is 4. The summed E-state index contributed by atoms with van der Waals surface area (Å²) in [5, 5.41) is 14.0. The van der Waals surface area contributed by atoms with Crippen LogP contribution in [0, 0.1) is 0 Å². The Labute approximate surface area is 531 Å². The first-order chi connectivity index (χ1) is 45.0. The Kier molecular flexibility index (Phi) is 10.9. The molecule has 0 aliphatic carbocycles. The summed E-state index contributed by atoms with van der Waals surface area (Å²) < 4.78 is 19.5. The number of para-hydroxylation sites is 6. The van der Waals surface area contributed by atoms with Crippen molar-refractivity contribution < 1.29 is 8.83 Å². The van der Waals surface area contributed by atoms with E-state index in [1.807, 2.05) is 0 Å². The Bertz CT molecular complexity index is 5810. The third kappa shape index (κ3) is 7.32. The minimum Gasteiger partial charge on any atom is -0.454 e. The Morgan fingerprint density at radius 2 is 0.652 bits per heavy atom. The van der Waals surface area contributed by atoms with Crippen molar-refractivity contribution in [3.05, 3.63) is 278 Å². The van der Waals surface area contributed by atoms with Crippen molar-refractivity contribution in [2.45, 2.75) is 52.4 Å². The lowest BCUT2D eigenvalue weighted by Gasteiger charge is -2.29. The molecule has 438 valence electrons. The highest BCUT2D eigenvalue weighted by Gasteiger charge is 2.34. The first-order valence-electron chi connectivity index (χ1n) is 32.1. The molecule has 6 aromatic heterocycles. The van der Waals surface area contributed by atoms with E-state index >= 15 is 0 Å². The molecule has 0 saturated heterocycles. The van der Waals surface area contributed by atoms with E-state index in [1.54, 1.807) is 0 Å². The molecule has 6 nitrogen and oxygen atoms in total. The van der Waals surface area contributed by atoms with Crippen molar-refractivity contribution in [3.63, 3.8) is 0 Å². The summed E-state index contributed by atoms with van der Waals surface area (Å²) in [5.74, 6) is 0. The first-order valence-corrected chi connectivity index (χ1v) is 32.1. The maximum atomic E-state index is 7.14. The van der Waals surface area contributed by atoms with Gasteiger partial charge >= 0.3 is 0 Å². The Hall–Kier alpha value is -11.3. The summed E-state index contributed by atoms with van der Waals surface area (Å²) >= 11 is 0. The van der Waals surface area contributed by atoms with Gasteiger partial charge in [0.1, 0.15) is 11.2 Å². The van der Waals surface area contributed by atoms with Gasteiger partial charge < -0.3 is 27.4 Å². The van der Waals surface area contributed by atoms with Crippen molar-refractivity contribution in [1.29, 1.82) is 0 Å². The Morgan fingerprint density at radius 1 is 0.293 bits per heavy atom. The van der Waals surface area contributed by atoms with Gasteiger partial charge in [-0.2, -0.15) is 0 Å². The van der Waals surface area contributed by atoms with Gasteiger partial charge in [-0.1, -0.05) is 236 Å². The van der Waals surface area contributed by atoms with Gasteiger partial charge in [-0.25, -0.2) is 0 Å². The average Bonchev–Trinajstić information content (AvgIpc) is 1.51. The van der Waals surface area contributed by atoms with Gasteiger partial charge in [0.15, 0.2) is 11.2 Å². The zero-order chi connectivity index (χ0) is 61.5. The van der Waals surface area contributed by atoms with Crippen LogP contribution in [0.15, 0.2) is 276 Å². The van der Waals surface area contributed by atoms with E-state index in [0.717, 1.165) is 100 Å². The fourth-order valence-corrected chi connectivity index (χ4v) is 15.9. The molecule has 0 radical (unpaired) electrons. The molecular formula is C86H62N4O2. The molecule has 6 heteroatoms. The molecule has 0 fully saturated rings. The van der Waals surface area contributed by atoms with Crippen LogP contribution in [0.2, 0.25) is 0 Å². The van der Waals surface area contributed by atoms with Crippen molar-refractivity contribution >= 4 is 154 Å². The number of nitrogens with zero attached hydrogens (tertiary/aromatic N) is 4. The van der Waals surface area contributed by atoms with Crippen molar-refractivity contribution in [3.8, 4) is 22.3 Å². The molecule has 0 saturated carbocycles. The SMILES string of the molecule is CC(C)(C)c1cccc2c3c(N(c4ccccc4)c4c(-c5ccccc5)ccc5c4oc4ccccc45)ccc4c5cc6c(cc5n(c12)c43)c1ccc(N(c2ccccc2)c2c(-c3ccccc3)ccc3c2oc2ccccc23)c2c3cccc(C(C)(C)C)c3n6c12. The van der Waals surface area contributed by atoms with Crippen LogP contribution in [0.4, 0.5) is 34.1 Å². The predicted molar refractivity (Wildman–Crippen MR) is 388 cm³/mol. The molecule has 0 spiro atoms. The lowest BCUT2D eigenvalue weighted by molar-refractivity contribution is 0.594. The molecule has 0 amide bonds. The number of benzene rings is 13. The van der Waals surface area contributed by atoms with E-state index in [2.05, 4.69) is 327 Å². The summed E-state index contributed by atoms with van der Waals surface area (Å²) in [7, 11) is 0. The predicted octanol–water partition coefficient (Wildman–Crippen LogP) is 24.7. The zero-order valence-electron chi connectivity index (χ0n) is 52.0. The second-order valence-corrected chi connectivity index (χ2v) is 27.1. The highest BCUT2D eigenvalue weighted by molar-refractivity contribution is 6.33. The molecule has 0 bridgehead atoms. The van der Waals surface area contributed by atoms with Crippen LogP contribution >= 0.6 is 0 Å². The second kappa shape index (κ2) is 19.1. The number of fused-ring (bicyclic) bond motifs is 18. The number of anilines is 6. The van der Waals surface area contributed by atoms with Crippen LogP contribution in [0.3, 0.4) is 0 Å². The van der Waals surface area contributed by atoms with Crippen molar-refractivity contribution in [2.24, 2.45) is 0 Å². The van der Waals surface area contributed by atoms with Crippen molar-refractivity contribution in [2.75, 3.05) is 9.80 Å². The van der Waals surface area contributed by atoms with Crippen LogP contribution in [0.5, 0.6) is 0 Å². The molecule has 0 aliphatic rings. The lowest BCUT2D eigenvalue weighted by Crippen LogP contribution is -2.12. The fraction of sp³-hybridized carbons (Fsp3) is 0.0930. The van der Waals surface area contributed by atoms with Gasteiger partial charge in [0.2, 0.25) is 0 Å². The lowest BCUT2D eigenvalue weighted by atomic mass is 9.85. The second-order valence-electron chi connectivity index (χ2n) is 27.1. The fourth-order valence-electron chi connectivity index (χ4n) is 15.9. The third-order valence-electron chi connectivity index (χ3n) is 19.8. The quantitative estimate of drug-likeness (QED) is 0.152. The first kappa shape index (κ1) is 52.6. The van der Waals surface area contributed by atoms with Gasteiger partial charge in [0.05, 0.1) is 55.8 Å². The van der Waals surface area contributed by atoms with Crippen LogP contribution in [-0.4, -0.2) is 8.80 Å². The maximum Gasteiger partial charge on any atom is 0.160 e. The van der Waals surface area contributed by atoms with Crippen LogP contribution in [-0.2, 0) is 10.8 Å². The monoisotopic (exact) mass is 1180 g/mol. The van der Waals surface area contributed by atoms with E-state index < -0.39 is 0 Å². The molecule has 19 rings (SSSR count). The smallest absolute Gasteiger partial charge is 0.160 e. The van der Waals surface area contributed by atoms with E-state index in [0.29, 0.717) is 0 Å². The van der Waals surface area contributed by atoms with Gasteiger partial charge in [0, 0.05) is 87.1 Å². The average molecular weight is 1180 g/mol. The van der Waals surface area contributed by atoms with Gasteiger partial charge in [-0.3, -0.25) is 0 Å². The van der Waals surface area contributed by atoms with Crippen LogP contribution < -0.4 is 9.80 Å². The number of furan rings is 2. The standard InChI is InChI=1S/C86H62N4O2/c1-85(2,3)67-37-23-35-63-75-69(87(53-29-15-9-16-30-53)81-55(51-25-11-7-12-26-51)41-43-61-57-33-19-21-39-73(57)91-83(61)81)47-45-59-65-50-72-66(49-71(65)89(77(63)67)79(59)75)60-46-48-70(76-64-36-24-38-68(86(4,5)6)78(64)90(72)80(60)76)88(54-31-17-10-18-32-54)82-56(52-27-13-8-14-28-52)42-44-62-58-34-20-22-40-74(58)92-84(62)82/h7-50H,1-6H3. The van der Waals surface area contributed by atoms with Crippen molar-refractivity contribution in [1.82, 2.24) is 8.80 Å². The molecule has 0 aliphatic heterocycles. The molecule has 0 unspecified atom stereocenters.